The van der Waals surface area contributed by atoms with Crippen LogP contribution in [0.1, 0.15) is 17.0 Å². The molecule has 2 heterocycles. The van der Waals surface area contributed by atoms with Crippen molar-refractivity contribution in [2.24, 2.45) is 0 Å². The summed E-state index contributed by atoms with van der Waals surface area (Å²) >= 11 is 1.70. The number of hydrogen-bond acceptors (Lipinski definition) is 4. The molecule has 0 saturated carbocycles. The van der Waals surface area contributed by atoms with Crippen LogP contribution in [-0.4, -0.2) is 19.7 Å². The zero-order chi connectivity index (χ0) is 14.7. The van der Waals surface area contributed by atoms with Crippen molar-refractivity contribution in [1.29, 1.82) is 0 Å². The maximum absolute atomic E-state index is 4.28. The van der Waals surface area contributed by atoms with Crippen molar-refractivity contribution in [3.05, 3.63) is 65.7 Å². The van der Waals surface area contributed by atoms with Crippen molar-refractivity contribution in [2.45, 2.75) is 24.6 Å². The van der Waals surface area contributed by atoms with Crippen molar-refractivity contribution in [2.75, 3.05) is 0 Å². The molecule has 4 nitrogen and oxygen atoms in total. The lowest BCUT2D eigenvalue weighted by Crippen LogP contribution is -2.00. The molecular weight excluding hydrogens is 280 g/mol. The summed E-state index contributed by atoms with van der Waals surface area (Å²) in [6.07, 6.45) is 3.65. The van der Waals surface area contributed by atoms with E-state index in [1.165, 1.54) is 11.1 Å². The topological polar surface area (TPSA) is 43.6 Å². The molecule has 21 heavy (non-hydrogen) atoms. The quantitative estimate of drug-likeness (QED) is 0.690. The van der Waals surface area contributed by atoms with Crippen molar-refractivity contribution in [3.8, 4) is 5.82 Å². The van der Waals surface area contributed by atoms with Gasteiger partial charge in [-0.05, 0) is 37.1 Å². The van der Waals surface area contributed by atoms with Gasteiger partial charge >= 0.3 is 0 Å². The number of benzene rings is 1. The van der Waals surface area contributed by atoms with Crippen molar-refractivity contribution >= 4 is 11.8 Å². The van der Waals surface area contributed by atoms with E-state index in [9.17, 15) is 0 Å². The standard InChI is InChI=1S/C16H16N4S/c1-12-5-3-4-6-14(12)11-21-16-8-7-15(18-19-16)20-10-9-17-13(20)2/h3-10H,11H2,1-2H3. The zero-order valence-corrected chi connectivity index (χ0v) is 12.8. The molecule has 106 valence electrons. The fourth-order valence-electron chi connectivity index (χ4n) is 2.06. The lowest BCUT2D eigenvalue weighted by molar-refractivity contribution is 0.841. The number of nitrogens with zero attached hydrogens (tertiary/aromatic N) is 4. The molecule has 0 atom stereocenters. The lowest BCUT2D eigenvalue weighted by Gasteiger charge is -2.06. The maximum atomic E-state index is 4.28. The fourth-order valence-corrected chi connectivity index (χ4v) is 2.95. The first-order valence-corrected chi connectivity index (χ1v) is 7.74. The molecule has 0 N–H and O–H groups in total. The molecule has 0 saturated heterocycles. The Kier molecular flexibility index (Phi) is 4.01. The van der Waals surface area contributed by atoms with Crippen LogP contribution >= 0.6 is 11.8 Å². The Morgan fingerprint density at radius 3 is 2.57 bits per heavy atom. The molecule has 0 fully saturated rings. The Balaban J connectivity index is 1.71. The molecule has 2 aromatic heterocycles. The number of aryl methyl sites for hydroxylation is 2. The van der Waals surface area contributed by atoms with Gasteiger partial charge in [0.05, 0.1) is 0 Å². The van der Waals surface area contributed by atoms with Gasteiger partial charge in [0, 0.05) is 18.1 Å². The van der Waals surface area contributed by atoms with E-state index in [1.54, 1.807) is 18.0 Å². The highest BCUT2D eigenvalue weighted by Gasteiger charge is 2.04. The first-order chi connectivity index (χ1) is 10.2. The Bertz CT molecular complexity index is 734. The lowest BCUT2D eigenvalue weighted by atomic mass is 10.1. The van der Waals surface area contributed by atoms with Crippen LogP contribution in [0.5, 0.6) is 0 Å². The molecule has 0 aliphatic carbocycles. The molecule has 0 radical (unpaired) electrons. The summed E-state index contributed by atoms with van der Waals surface area (Å²) in [5.41, 5.74) is 2.64. The fraction of sp³-hybridized carbons (Fsp3) is 0.188. The van der Waals surface area contributed by atoms with Gasteiger partial charge in [-0.3, -0.25) is 4.57 Å². The van der Waals surface area contributed by atoms with Gasteiger partial charge in [-0.25, -0.2) is 4.98 Å². The van der Waals surface area contributed by atoms with E-state index in [0.717, 1.165) is 22.4 Å². The van der Waals surface area contributed by atoms with E-state index >= 15 is 0 Å². The largest absolute Gasteiger partial charge is 0.287 e. The summed E-state index contributed by atoms with van der Waals surface area (Å²) in [4.78, 5) is 4.19. The Hall–Kier alpha value is -2.14. The van der Waals surface area contributed by atoms with Crippen LogP contribution in [0.3, 0.4) is 0 Å². The molecule has 0 amide bonds. The third-order valence-electron chi connectivity index (χ3n) is 3.34. The second kappa shape index (κ2) is 6.10. The van der Waals surface area contributed by atoms with E-state index in [4.69, 9.17) is 0 Å². The van der Waals surface area contributed by atoms with Crippen molar-refractivity contribution in [1.82, 2.24) is 19.7 Å². The monoisotopic (exact) mass is 296 g/mol. The highest BCUT2D eigenvalue weighted by atomic mass is 32.2. The van der Waals surface area contributed by atoms with Crippen LogP contribution in [0.4, 0.5) is 0 Å². The van der Waals surface area contributed by atoms with Gasteiger partial charge in [-0.1, -0.05) is 36.0 Å². The van der Waals surface area contributed by atoms with Gasteiger partial charge in [0.25, 0.3) is 0 Å². The van der Waals surface area contributed by atoms with Crippen LogP contribution in [0.2, 0.25) is 0 Å². The van der Waals surface area contributed by atoms with Gasteiger partial charge in [-0.2, -0.15) is 0 Å². The molecule has 0 aliphatic heterocycles. The maximum Gasteiger partial charge on any atom is 0.160 e. The third-order valence-corrected chi connectivity index (χ3v) is 4.30. The van der Waals surface area contributed by atoms with E-state index in [1.807, 2.05) is 29.8 Å². The number of thioether (sulfide) groups is 1. The number of aromatic nitrogens is 4. The van der Waals surface area contributed by atoms with Gasteiger partial charge in [0.15, 0.2) is 5.82 Å². The van der Waals surface area contributed by atoms with Crippen LogP contribution in [0.15, 0.2) is 53.8 Å². The summed E-state index contributed by atoms with van der Waals surface area (Å²) in [5.74, 6) is 2.61. The van der Waals surface area contributed by atoms with Crippen LogP contribution in [-0.2, 0) is 5.75 Å². The van der Waals surface area contributed by atoms with E-state index < -0.39 is 0 Å². The summed E-state index contributed by atoms with van der Waals surface area (Å²) in [5, 5.41) is 9.48. The third kappa shape index (κ3) is 3.13. The zero-order valence-electron chi connectivity index (χ0n) is 12.0. The van der Waals surface area contributed by atoms with Crippen LogP contribution < -0.4 is 0 Å². The Morgan fingerprint density at radius 1 is 1.05 bits per heavy atom. The van der Waals surface area contributed by atoms with E-state index in [-0.39, 0.29) is 0 Å². The average molecular weight is 296 g/mol. The molecule has 0 spiro atoms. The first-order valence-electron chi connectivity index (χ1n) is 6.75. The number of rotatable bonds is 4. The van der Waals surface area contributed by atoms with Crippen LogP contribution in [0, 0.1) is 13.8 Å². The van der Waals surface area contributed by atoms with Crippen molar-refractivity contribution in [3.63, 3.8) is 0 Å². The second-order valence-electron chi connectivity index (χ2n) is 4.79. The average Bonchev–Trinajstić information content (AvgIpc) is 2.93. The minimum Gasteiger partial charge on any atom is -0.287 e. The van der Waals surface area contributed by atoms with Crippen molar-refractivity contribution < 1.29 is 0 Å². The molecular formula is C16H16N4S. The highest BCUT2D eigenvalue weighted by molar-refractivity contribution is 7.98. The Morgan fingerprint density at radius 2 is 1.90 bits per heavy atom. The summed E-state index contributed by atoms with van der Waals surface area (Å²) in [6, 6.07) is 12.4. The van der Waals surface area contributed by atoms with Gasteiger partial charge in [0.1, 0.15) is 10.9 Å². The van der Waals surface area contributed by atoms with E-state index in [2.05, 4.69) is 46.4 Å². The summed E-state index contributed by atoms with van der Waals surface area (Å²) in [7, 11) is 0. The molecule has 0 aliphatic rings. The predicted molar refractivity (Wildman–Crippen MR) is 84.6 cm³/mol. The molecule has 3 rings (SSSR count). The number of hydrogen-bond donors (Lipinski definition) is 0. The van der Waals surface area contributed by atoms with Gasteiger partial charge in [-0.15, -0.1) is 10.2 Å². The summed E-state index contributed by atoms with van der Waals surface area (Å²) < 4.78 is 1.92. The van der Waals surface area contributed by atoms with Gasteiger partial charge < -0.3 is 0 Å². The number of imidazole rings is 1. The predicted octanol–water partition coefficient (Wildman–Crippen LogP) is 3.57. The smallest absolute Gasteiger partial charge is 0.160 e. The molecule has 0 bridgehead atoms. The molecule has 0 unspecified atom stereocenters. The van der Waals surface area contributed by atoms with Crippen LogP contribution in [0.25, 0.3) is 5.82 Å². The second-order valence-corrected chi connectivity index (χ2v) is 5.79. The Labute approximate surface area is 128 Å². The highest BCUT2D eigenvalue weighted by Crippen LogP contribution is 2.22. The minimum atomic E-state index is 0.797. The molecule has 1 aromatic carbocycles. The normalized spacial score (nSPS) is 10.8. The molecule has 5 heteroatoms. The minimum absolute atomic E-state index is 0.797. The SMILES string of the molecule is Cc1ccccc1CSc1ccc(-n2ccnc2C)nn1. The summed E-state index contributed by atoms with van der Waals surface area (Å²) in [6.45, 7) is 4.08. The first kappa shape index (κ1) is 13.8. The van der Waals surface area contributed by atoms with E-state index in [0.29, 0.717) is 0 Å². The van der Waals surface area contributed by atoms with Gasteiger partial charge in [0.2, 0.25) is 0 Å². The molecule has 3 aromatic rings.